The first-order chi connectivity index (χ1) is 9.72. The van der Waals surface area contributed by atoms with E-state index in [9.17, 15) is 0 Å². The Labute approximate surface area is 120 Å². The lowest BCUT2D eigenvalue weighted by Crippen LogP contribution is -2.16. The van der Waals surface area contributed by atoms with Gasteiger partial charge in [-0.15, -0.1) is 0 Å². The fourth-order valence-corrected chi connectivity index (χ4v) is 1.86. The molecule has 0 bridgehead atoms. The Balaban J connectivity index is 2.35. The van der Waals surface area contributed by atoms with Crippen molar-refractivity contribution in [2.45, 2.75) is 33.2 Å². The van der Waals surface area contributed by atoms with E-state index < -0.39 is 0 Å². The Hall–Kier alpha value is -2.10. The molecule has 0 unspecified atom stereocenters. The summed E-state index contributed by atoms with van der Waals surface area (Å²) < 4.78 is 0. The summed E-state index contributed by atoms with van der Waals surface area (Å²) in [5.74, 6) is 1.53. The van der Waals surface area contributed by atoms with Crippen LogP contribution in [-0.2, 0) is 0 Å². The van der Waals surface area contributed by atoms with Crippen LogP contribution < -0.4 is 10.6 Å². The van der Waals surface area contributed by atoms with E-state index in [0.717, 1.165) is 30.0 Å². The molecular formula is C16H22N4. The zero-order valence-corrected chi connectivity index (χ0v) is 12.4. The van der Waals surface area contributed by atoms with Crippen molar-refractivity contribution in [3.63, 3.8) is 0 Å². The molecule has 0 saturated heterocycles. The Kier molecular flexibility index (Phi) is 4.93. The van der Waals surface area contributed by atoms with Gasteiger partial charge in [-0.25, -0.2) is 4.98 Å². The maximum Gasteiger partial charge on any atom is 0.225 e. The quantitative estimate of drug-likeness (QED) is 0.838. The number of nitrogens with zero attached hydrogens (tertiary/aromatic N) is 2. The molecule has 106 valence electrons. The summed E-state index contributed by atoms with van der Waals surface area (Å²) in [6.45, 7) is 7.18. The van der Waals surface area contributed by atoms with Crippen LogP contribution in [0.1, 0.15) is 27.2 Å². The number of benzene rings is 1. The van der Waals surface area contributed by atoms with E-state index in [1.807, 2.05) is 24.3 Å². The Morgan fingerprint density at radius 1 is 1.10 bits per heavy atom. The average molecular weight is 270 g/mol. The van der Waals surface area contributed by atoms with Gasteiger partial charge in [0.25, 0.3) is 0 Å². The van der Waals surface area contributed by atoms with Crippen molar-refractivity contribution in [3.05, 3.63) is 36.4 Å². The normalized spacial score (nSPS) is 11.9. The highest BCUT2D eigenvalue weighted by molar-refractivity contribution is 5.64. The van der Waals surface area contributed by atoms with Gasteiger partial charge in [0.05, 0.1) is 5.69 Å². The minimum atomic E-state index is 0.357. The highest BCUT2D eigenvalue weighted by Crippen LogP contribution is 2.21. The third kappa shape index (κ3) is 3.70. The van der Waals surface area contributed by atoms with Crippen molar-refractivity contribution in [1.29, 1.82) is 0 Å². The van der Waals surface area contributed by atoms with Crippen molar-refractivity contribution in [2.75, 3.05) is 17.2 Å². The summed E-state index contributed by atoms with van der Waals surface area (Å²) in [5, 5.41) is 6.60. The van der Waals surface area contributed by atoms with E-state index in [0.29, 0.717) is 12.0 Å². The molecule has 0 aliphatic rings. The van der Waals surface area contributed by atoms with Crippen LogP contribution in [0.25, 0.3) is 11.3 Å². The summed E-state index contributed by atoms with van der Waals surface area (Å²) >= 11 is 0. The van der Waals surface area contributed by atoms with Gasteiger partial charge >= 0.3 is 0 Å². The van der Waals surface area contributed by atoms with E-state index in [2.05, 4.69) is 53.5 Å². The SMILES string of the molecule is CCNc1cc(-c2ccccc2)nc(N[C@@H](C)CC)n1. The first kappa shape index (κ1) is 14.3. The predicted octanol–water partition coefficient (Wildman–Crippen LogP) is 3.79. The van der Waals surface area contributed by atoms with Gasteiger partial charge in [0.2, 0.25) is 5.95 Å². The average Bonchev–Trinajstić information content (AvgIpc) is 2.48. The van der Waals surface area contributed by atoms with Crippen molar-refractivity contribution in [2.24, 2.45) is 0 Å². The molecule has 0 radical (unpaired) electrons. The third-order valence-electron chi connectivity index (χ3n) is 3.14. The molecule has 0 spiro atoms. The van der Waals surface area contributed by atoms with E-state index in [1.54, 1.807) is 0 Å². The molecular weight excluding hydrogens is 248 g/mol. The molecule has 2 rings (SSSR count). The summed E-state index contributed by atoms with van der Waals surface area (Å²) in [5.41, 5.74) is 2.03. The lowest BCUT2D eigenvalue weighted by molar-refractivity contribution is 0.753. The number of anilines is 2. The second-order valence-electron chi connectivity index (χ2n) is 4.81. The number of aromatic nitrogens is 2. The fourth-order valence-electron chi connectivity index (χ4n) is 1.86. The summed E-state index contributed by atoms with van der Waals surface area (Å²) in [4.78, 5) is 9.11. The minimum Gasteiger partial charge on any atom is -0.370 e. The van der Waals surface area contributed by atoms with Crippen LogP contribution in [0.5, 0.6) is 0 Å². The highest BCUT2D eigenvalue weighted by atomic mass is 15.1. The second-order valence-corrected chi connectivity index (χ2v) is 4.81. The smallest absolute Gasteiger partial charge is 0.225 e. The molecule has 2 N–H and O–H groups in total. The van der Waals surface area contributed by atoms with E-state index >= 15 is 0 Å². The van der Waals surface area contributed by atoms with Gasteiger partial charge in [0.1, 0.15) is 5.82 Å². The van der Waals surface area contributed by atoms with Crippen molar-refractivity contribution in [3.8, 4) is 11.3 Å². The maximum absolute atomic E-state index is 4.61. The molecule has 4 nitrogen and oxygen atoms in total. The molecule has 2 aromatic rings. The zero-order chi connectivity index (χ0) is 14.4. The molecule has 1 atom stereocenters. The van der Waals surface area contributed by atoms with Gasteiger partial charge in [-0.3, -0.25) is 0 Å². The summed E-state index contributed by atoms with van der Waals surface area (Å²) in [6.07, 6.45) is 1.04. The standard InChI is InChI=1S/C16H22N4/c1-4-12(3)18-16-19-14(11-15(20-16)17-5-2)13-9-7-6-8-10-13/h6-12H,4-5H2,1-3H3,(H2,17,18,19,20)/t12-/m0/s1. The molecule has 0 amide bonds. The molecule has 1 aromatic heterocycles. The van der Waals surface area contributed by atoms with Gasteiger partial charge < -0.3 is 10.6 Å². The first-order valence-electron chi connectivity index (χ1n) is 7.17. The van der Waals surface area contributed by atoms with Gasteiger partial charge in [-0.1, -0.05) is 37.3 Å². The molecule has 0 aliphatic carbocycles. The van der Waals surface area contributed by atoms with Crippen LogP contribution in [-0.4, -0.2) is 22.6 Å². The minimum absolute atomic E-state index is 0.357. The molecule has 1 heterocycles. The van der Waals surface area contributed by atoms with Crippen LogP contribution in [0, 0.1) is 0 Å². The lowest BCUT2D eigenvalue weighted by Gasteiger charge is -2.14. The zero-order valence-electron chi connectivity index (χ0n) is 12.4. The third-order valence-corrected chi connectivity index (χ3v) is 3.14. The van der Waals surface area contributed by atoms with Gasteiger partial charge in [-0.05, 0) is 20.3 Å². The van der Waals surface area contributed by atoms with E-state index in [1.165, 1.54) is 0 Å². The van der Waals surface area contributed by atoms with Crippen LogP contribution in [0.4, 0.5) is 11.8 Å². The number of hydrogen-bond acceptors (Lipinski definition) is 4. The molecule has 20 heavy (non-hydrogen) atoms. The highest BCUT2D eigenvalue weighted by Gasteiger charge is 2.08. The van der Waals surface area contributed by atoms with Crippen molar-refractivity contribution >= 4 is 11.8 Å². The van der Waals surface area contributed by atoms with Crippen molar-refractivity contribution < 1.29 is 0 Å². The Morgan fingerprint density at radius 2 is 1.85 bits per heavy atom. The Morgan fingerprint density at radius 3 is 2.50 bits per heavy atom. The molecule has 1 aromatic carbocycles. The Bertz CT molecular complexity index is 539. The fraction of sp³-hybridized carbons (Fsp3) is 0.375. The lowest BCUT2D eigenvalue weighted by atomic mass is 10.1. The molecule has 4 heteroatoms. The topological polar surface area (TPSA) is 49.8 Å². The van der Waals surface area contributed by atoms with Crippen molar-refractivity contribution in [1.82, 2.24) is 9.97 Å². The first-order valence-corrected chi connectivity index (χ1v) is 7.17. The summed E-state index contributed by atoms with van der Waals surface area (Å²) in [6, 6.07) is 12.5. The second kappa shape index (κ2) is 6.89. The van der Waals surface area contributed by atoms with E-state index in [4.69, 9.17) is 0 Å². The van der Waals surface area contributed by atoms with Crippen LogP contribution in [0.15, 0.2) is 36.4 Å². The maximum atomic E-state index is 4.61. The van der Waals surface area contributed by atoms with E-state index in [-0.39, 0.29) is 0 Å². The molecule has 0 fully saturated rings. The number of rotatable bonds is 6. The number of nitrogens with one attached hydrogen (secondary N) is 2. The van der Waals surface area contributed by atoms with Gasteiger partial charge in [-0.2, -0.15) is 4.98 Å². The van der Waals surface area contributed by atoms with Crippen LogP contribution in [0.3, 0.4) is 0 Å². The number of hydrogen-bond donors (Lipinski definition) is 2. The van der Waals surface area contributed by atoms with Gasteiger partial charge in [0.15, 0.2) is 0 Å². The predicted molar refractivity (Wildman–Crippen MR) is 85.0 cm³/mol. The molecule has 0 aliphatic heterocycles. The summed E-state index contributed by atoms with van der Waals surface area (Å²) in [7, 11) is 0. The largest absolute Gasteiger partial charge is 0.370 e. The van der Waals surface area contributed by atoms with Crippen LogP contribution >= 0.6 is 0 Å². The monoisotopic (exact) mass is 270 g/mol. The van der Waals surface area contributed by atoms with Gasteiger partial charge in [0, 0.05) is 24.2 Å². The van der Waals surface area contributed by atoms with Crippen LogP contribution in [0.2, 0.25) is 0 Å². The molecule has 0 saturated carbocycles.